The van der Waals surface area contributed by atoms with Crippen LogP contribution in [0.25, 0.3) is 10.9 Å². The Kier molecular flexibility index (Phi) is 3.09. The molecule has 0 aliphatic heterocycles. The second-order valence-corrected chi connectivity index (χ2v) is 6.07. The van der Waals surface area contributed by atoms with Crippen LogP contribution in [0.5, 0.6) is 0 Å². The fourth-order valence-corrected chi connectivity index (χ4v) is 3.37. The maximum atomic E-state index is 6.45. The number of thiophene rings is 1. The van der Waals surface area contributed by atoms with Crippen LogP contribution in [0, 0.1) is 13.8 Å². The van der Waals surface area contributed by atoms with Crippen molar-refractivity contribution in [3.8, 4) is 0 Å². The van der Waals surface area contributed by atoms with Gasteiger partial charge in [0.25, 0.3) is 0 Å². The quantitative estimate of drug-likeness (QED) is 0.764. The van der Waals surface area contributed by atoms with Gasteiger partial charge >= 0.3 is 0 Å². The molecule has 0 aliphatic rings. The maximum Gasteiger partial charge on any atom is 0.0705 e. The summed E-state index contributed by atoms with van der Waals surface area (Å²) in [5, 5.41) is 1.14. The molecule has 3 aromatic rings. The van der Waals surface area contributed by atoms with Gasteiger partial charge in [0.05, 0.1) is 11.6 Å². The fourth-order valence-electron chi connectivity index (χ4n) is 2.31. The van der Waals surface area contributed by atoms with Crippen molar-refractivity contribution in [2.45, 2.75) is 19.9 Å². The number of benzene rings is 1. The molecule has 0 spiro atoms. The number of hydrogen-bond donors (Lipinski definition) is 1. The number of hydrogen-bond acceptors (Lipinski definition) is 3. The van der Waals surface area contributed by atoms with Crippen LogP contribution in [0.1, 0.15) is 26.9 Å². The molecule has 0 bridgehead atoms. The molecule has 0 saturated carbocycles. The summed E-state index contributed by atoms with van der Waals surface area (Å²) in [6.07, 6.45) is 1.82. The molecule has 0 radical (unpaired) electrons. The molecule has 2 nitrogen and oxygen atoms in total. The van der Waals surface area contributed by atoms with Gasteiger partial charge in [-0.2, -0.15) is 0 Å². The van der Waals surface area contributed by atoms with Crippen molar-refractivity contribution in [3.63, 3.8) is 0 Å². The van der Waals surface area contributed by atoms with E-state index in [9.17, 15) is 0 Å². The van der Waals surface area contributed by atoms with Crippen LogP contribution >= 0.6 is 11.3 Å². The number of pyridine rings is 1. The lowest BCUT2D eigenvalue weighted by Gasteiger charge is -2.12. The van der Waals surface area contributed by atoms with Crippen LogP contribution in [0.2, 0.25) is 0 Å². The van der Waals surface area contributed by atoms with E-state index in [-0.39, 0.29) is 6.04 Å². The molecule has 0 saturated heterocycles. The smallest absolute Gasteiger partial charge is 0.0705 e. The highest BCUT2D eigenvalue weighted by molar-refractivity contribution is 7.12. The zero-order valence-corrected chi connectivity index (χ0v) is 11.9. The SMILES string of the molecule is Cc1cc(C(N)c2cccc3ncccc23)sc1C. The van der Waals surface area contributed by atoms with Crippen molar-refractivity contribution in [3.05, 3.63) is 63.5 Å². The number of nitrogens with two attached hydrogens (primary N) is 1. The molecule has 3 heteroatoms. The summed E-state index contributed by atoms with van der Waals surface area (Å²) < 4.78 is 0. The molecule has 0 aliphatic carbocycles. The Balaban J connectivity index is 2.13. The van der Waals surface area contributed by atoms with E-state index in [4.69, 9.17) is 5.73 Å². The van der Waals surface area contributed by atoms with E-state index in [1.54, 1.807) is 11.3 Å². The van der Waals surface area contributed by atoms with Crippen LogP contribution in [-0.2, 0) is 0 Å². The Morgan fingerprint density at radius 1 is 1.16 bits per heavy atom. The zero-order chi connectivity index (χ0) is 13.4. The summed E-state index contributed by atoms with van der Waals surface area (Å²) in [5.74, 6) is 0. The van der Waals surface area contributed by atoms with Gasteiger partial charge < -0.3 is 5.73 Å². The molecule has 2 heterocycles. The Morgan fingerprint density at radius 3 is 2.74 bits per heavy atom. The summed E-state index contributed by atoms with van der Waals surface area (Å²) >= 11 is 1.78. The summed E-state index contributed by atoms with van der Waals surface area (Å²) in [7, 11) is 0. The largest absolute Gasteiger partial charge is 0.320 e. The normalized spacial score (nSPS) is 12.8. The Bertz CT molecular complexity index is 706. The molecule has 2 N–H and O–H groups in total. The number of rotatable bonds is 2. The van der Waals surface area contributed by atoms with Gasteiger partial charge in [-0.15, -0.1) is 11.3 Å². The predicted molar refractivity (Wildman–Crippen MR) is 81.6 cm³/mol. The molecule has 3 rings (SSSR count). The van der Waals surface area contributed by atoms with Gasteiger partial charge in [-0.25, -0.2) is 0 Å². The third-order valence-electron chi connectivity index (χ3n) is 3.51. The molecule has 96 valence electrons. The molecular formula is C16H16N2S. The third kappa shape index (κ3) is 2.15. The van der Waals surface area contributed by atoms with Gasteiger partial charge in [-0.05, 0) is 43.2 Å². The average Bonchev–Trinajstić information content (AvgIpc) is 2.77. The number of aromatic nitrogens is 1. The highest BCUT2D eigenvalue weighted by Gasteiger charge is 2.15. The van der Waals surface area contributed by atoms with Crippen LogP contribution in [0.15, 0.2) is 42.6 Å². The molecule has 1 atom stereocenters. The van der Waals surface area contributed by atoms with Crippen LogP contribution in [0.3, 0.4) is 0 Å². The number of fused-ring (bicyclic) bond motifs is 1. The highest BCUT2D eigenvalue weighted by Crippen LogP contribution is 2.32. The van der Waals surface area contributed by atoms with Crippen molar-refractivity contribution < 1.29 is 0 Å². The van der Waals surface area contributed by atoms with Crippen LogP contribution in [0.4, 0.5) is 0 Å². The minimum absolute atomic E-state index is 0.0784. The van der Waals surface area contributed by atoms with Crippen molar-refractivity contribution in [2.75, 3.05) is 0 Å². The van der Waals surface area contributed by atoms with E-state index in [1.807, 2.05) is 24.4 Å². The van der Waals surface area contributed by atoms with Crippen LogP contribution < -0.4 is 5.73 Å². The maximum absolute atomic E-state index is 6.45. The van der Waals surface area contributed by atoms with E-state index in [0.29, 0.717) is 0 Å². The lowest BCUT2D eigenvalue weighted by Crippen LogP contribution is -2.10. The van der Waals surface area contributed by atoms with Crippen molar-refractivity contribution in [2.24, 2.45) is 5.73 Å². The van der Waals surface area contributed by atoms with Gasteiger partial charge in [-0.3, -0.25) is 4.98 Å². The summed E-state index contributed by atoms with van der Waals surface area (Å²) in [4.78, 5) is 6.94. The number of nitrogens with zero attached hydrogens (tertiary/aromatic N) is 1. The second kappa shape index (κ2) is 4.76. The van der Waals surface area contributed by atoms with E-state index in [0.717, 1.165) is 16.5 Å². The molecule has 1 aromatic carbocycles. The third-order valence-corrected chi connectivity index (χ3v) is 4.74. The molecular weight excluding hydrogens is 252 g/mol. The average molecular weight is 268 g/mol. The van der Waals surface area contributed by atoms with Gasteiger partial charge in [-0.1, -0.05) is 18.2 Å². The second-order valence-electron chi connectivity index (χ2n) is 4.78. The van der Waals surface area contributed by atoms with Gasteiger partial charge in [0.1, 0.15) is 0 Å². The minimum Gasteiger partial charge on any atom is -0.320 e. The van der Waals surface area contributed by atoms with Gasteiger partial charge in [0, 0.05) is 21.3 Å². The first-order valence-electron chi connectivity index (χ1n) is 6.33. The molecule has 0 amide bonds. The molecule has 1 unspecified atom stereocenters. The summed E-state index contributed by atoms with van der Waals surface area (Å²) in [5.41, 5.74) is 9.91. The first-order chi connectivity index (χ1) is 9.16. The topological polar surface area (TPSA) is 38.9 Å². The predicted octanol–water partition coefficient (Wildman–Crippen LogP) is 3.96. The lowest BCUT2D eigenvalue weighted by molar-refractivity contribution is 0.902. The lowest BCUT2D eigenvalue weighted by atomic mass is 10.0. The van der Waals surface area contributed by atoms with E-state index in [2.05, 4.69) is 37.0 Å². The fraction of sp³-hybridized carbons (Fsp3) is 0.188. The first-order valence-corrected chi connectivity index (χ1v) is 7.14. The van der Waals surface area contributed by atoms with E-state index < -0.39 is 0 Å². The Labute approximate surface area is 116 Å². The van der Waals surface area contributed by atoms with E-state index >= 15 is 0 Å². The molecule has 0 fully saturated rings. The van der Waals surface area contributed by atoms with Crippen molar-refractivity contribution in [1.82, 2.24) is 4.98 Å². The minimum atomic E-state index is -0.0784. The van der Waals surface area contributed by atoms with Gasteiger partial charge in [0.2, 0.25) is 0 Å². The first kappa shape index (κ1) is 12.3. The van der Waals surface area contributed by atoms with Crippen molar-refractivity contribution in [1.29, 1.82) is 0 Å². The molecule has 2 aromatic heterocycles. The molecule has 19 heavy (non-hydrogen) atoms. The number of aryl methyl sites for hydroxylation is 2. The van der Waals surface area contributed by atoms with E-state index in [1.165, 1.54) is 15.3 Å². The Hall–Kier alpha value is -1.71. The highest BCUT2D eigenvalue weighted by atomic mass is 32.1. The van der Waals surface area contributed by atoms with Crippen molar-refractivity contribution >= 4 is 22.2 Å². The Morgan fingerprint density at radius 2 is 2.00 bits per heavy atom. The van der Waals surface area contributed by atoms with Crippen LogP contribution in [-0.4, -0.2) is 4.98 Å². The monoisotopic (exact) mass is 268 g/mol. The zero-order valence-electron chi connectivity index (χ0n) is 11.1. The van der Waals surface area contributed by atoms with Gasteiger partial charge in [0.15, 0.2) is 0 Å². The summed E-state index contributed by atoms with van der Waals surface area (Å²) in [6, 6.07) is 12.3. The summed E-state index contributed by atoms with van der Waals surface area (Å²) in [6.45, 7) is 4.27. The standard InChI is InChI=1S/C16H16N2S/c1-10-9-15(19-11(10)2)16(17)13-5-3-7-14-12(13)6-4-8-18-14/h3-9,16H,17H2,1-2H3.